The van der Waals surface area contributed by atoms with Crippen LogP contribution in [0.25, 0.3) is 0 Å². The molecule has 4 heteroatoms. The largest absolute Gasteiger partial charge is 0.494 e. The van der Waals surface area contributed by atoms with Gasteiger partial charge in [-0.2, -0.15) is 0 Å². The predicted octanol–water partition coefficient (Wildman–Crippen LogP) is 3.33. The van der Waals surface area contributed by atoms with Crippen molar-refractivity contribution in [1.29, 1.82) is 0 Å². The van der Waals surface area contributed by atoms with Crippen LogP contribution in [0.5, 0.6) is 5.75 Å². The molecule has 1 heterocycles. The summed E-state index contributed by atoms with van der Waals surface area (Å²) in [6.07, 6.45) is 0. The molecule has 1 saturated heterocycles. The number of aryl methyl sites for hydroxylation is 1. The highest BCUT2D eigenvalue weighted by atomic mass is 16.7. The first-order chi connectivity index (χ1) is 9.60. The highest BCUT2D eigenvalue weighted by molar-refractivity contribution is 6.62. The molecule has 116 valence electrons. The molecular formula is C17H27BO3. The van der Waals surface area contributed by atoms with Gasteiger partial charge >= 0.3 is 7.12 Å². The molecule has 1 fully saturated rings. The van der Waals surface area contributed by atoms with Gasteiger partial charge in [-0.05, 0) is 63.7 Å². The van der Waals surface area contributed by atoms with Gasteiger partial charge in [0.1, 0.15) is 5.75 Å². The Kier molecular flexibility index (Phi) is 4.41. The van der Waals surface area contributed by atoms with E-state index < -0.39 is 0 Å². The third-order valence-corrected chi connectivity index (χ3v) is 4.18. The molecule has 0 spiro atoms. The predicted molar refractivity (Wildman–Crippen MR) is 87.2 cm³/mol. The van der Waals surface area contributed by atoms with Gasteiger partial charge in [-0.3, -0.25) is 0 Å². The van der Waals surface area contributed by atoms with E-state index in [-0.39, 0.29) is 18.3 Å². The van der Waals surface area contributed by atoms with Crippen LogP contribution in [0.2, 0.25) is 0 Å². The number of hydrogen-bond acceptors (Lipinski definition) is 3. The summed E-state index contributed by atoms with van der Waals surface area (Å²) < 4.78 is 18.1. The smallest absolute Gasteiger partial charge is 0.493 e. The van der Waals surface area contributed by atoms with Crippen LogP contribution in [-0.4, -0.2) is 24.9 Å². The van der Waals surface area contributed by atoms with Crippen LogP contribution in [0, 0.1) is 12.8 Å². The van der Waals surface area contributed by atoms with Crippen molar-refractivity contribution >= 4 is 12.6 Å². The zero-order valence-corrected chi connectivity index (χ0v) is 14.3. The maximum absolute atomic E-state index is 6.11. The second-order valence-corrected chi connectivity index (χ2v) is 7.37. The molecule has 0 radical (unpaired) electrons. The van der Waals surface area contributed by atoms with Crippen LogP contribution in [0.3, 0.4) is 0 Å². The fourth-order valence-electron chi connectivity index (χ4n) is 2.24. The molecule has 3 nitrogen and oxygen atoms in total. The number of ether oxygens (including phenoxy) is 1. The summed E-state index contributed by atoms with van der Waals surface area (Å²) in [7, 11) is -0.337. The minimum atomic E-state index is -0.337. The van der Waals surface area contributed by atoms with Crippen molar-refractivity contribution in [2.24, 2.45) is 5.92 Å². The van der Waals surface area contributed by atoms with Crippen LogP contribution >= 0.6 is 0 Å². The highest BCUT2D eigenvalue weighted by Gasteiger charge is 2.51. The molecule has 21 heavy (non-hydrogen) atoms. The lowest BCUT2D eigenvalue weighted by Crippen LogP contribution is -2.41. The van der Waals surface area contributed by atoms with Crippen LogP contribution in [0.4, 0.5) is 0 Å². The highest BCUT2D eigenvalue weighted by Crippen LogP contribution is 2.36. The zero-order chi connectivity index (χ0) is 15.8. The Labute approximate surface area is 129 Å². The van der Waals surface area contributed by atoms with Gasteiger partial charge in [0.05, 0.1) is 17.8 Å². The van der Waals surface area contributed by atoms with Crippen molar-refractivity contribution in [3.05, 3.63) is 23.8 Å². The summed E-state index contributed by atoms with van der Waals surface area (Å²) in [5.74, 6) is 1.39. The second kappa shape index (κ2) is 5.66. The van der Waals surface area contributed by atoms with Crippen LogP contribution in [-0.2, 0) is 9.31 Å². The standard InChI is InChI=1S/C17H27BO3/c1-12(2)11-19-15-9-13(3)8-14(10-15)18-20-16(4,5)17(6,7)21-18/h8-10,12H,11H2,1-7H3. The van der Waals surface area contributed by atoms with Crippen molar-refractivity contribution in [2.45, 2.75) is 59.7 Å². The molecule has 0 atom stereocenters. The first-order valence-electron chi connectivity index (χ1n) is 7.71. The Morgan fingerprint density at radius 2 is 1.62 bits per heavy atom. The van der Waals surface area contributed by atoms with Crippen LogP contribution < -0.4 is 10.2 Å². The quantitative estimate of drug-likeness (QED) is 0.796. The van der Waals surface area contributed by atoms with Gasteiger partial charge in [-0.15, -0.1) is 0 Å². The van der Waals surface area contributed by atoms with Crippen molar-refractivity contribution in [1.82, 2.24) is 0 Å². The fraction of sp³-hybridized carbons (Fsp3) is 0.647. The Balaban J connectivity index is 2.21. The van der Waals surface area contributed by atoms with Gasteiger partial charge < -0.3 is 14.0 Å². The van der Waals surface area contributed by atoms with Crippen LogP contribution in [0.1, 0.15) is 47.1 Å². The maximum atomic E-state index is 6.11. The summed E-state index contributed by atoms with van der Waals surface area (Å²) in [6, 6.07) is 6.18. The molecule has 1 aromatic carbocycles. The Hall–Kier alpha value is -0.995. The van der Waals surface area contributed by atoms with E-state index in [2.05, 4.69) is 60.6 Å². The molecule has 1 aromatic rings. The van der Waals surface area contributed by atoms with E-state index in [1.165, 1.54) is 0 Å². The third kappa shape index (κ3) is 3.61. The summed E-state index contributed by atoms with van der Waals surface area (Å²) in [6.45, 7) is 15.3. The molecule has 0 unspecified atom stereocenters. The van der Waals surface area contributed by atoms with Gasteiger partial charge in [0.25, 0.3) is 0 Å². The molecule has 1 aliphatic heterocycles. The minimum Gasteiger partial charge on any atom is -0.493 e. The topological polar surface area (TPSA) is 27.7 Å². The summed E-state index contributed by atoms with van der Waals surface area (Å²) in [5.41, 5.74) is 1.54. The number of hydrogen-bond donors (Lipinski definition) is 0. The summed E-state index contributed by atoms with van der Waals surface area (Å²) >= 11 is 0. The molecule has 0 saturated carbocycles. The van der Waals surface area contributed by atoms with Gasteiger partial charge in [0.2, 0.25) is 0 Å². The fourth-order valence-corrected chi connectivity index (χ4v) is 2.24. The normalized spacial score (nSPS) is 20.1. The SMILES string of the molecule is Cc1cc(OCC(C)C)cc(B2OC(C)(C)C(C)(C)O2)c1. The Bertz CT molecular complexity index is 493. The number of benzene rings is 1. The van der Waals surface area contributed by atoms with E-state index in [1.54, 1.807) is 0 Å². The lowest BCUT2D eigenvalue weighted by molar-refractivity contribution is 0.00578. The van der Waals surface area contributed by atoms with E-state index in [0.717, 1.165) is 16.8 Å². The summed E-state index contributed by atoms with van der Waals surface area (Å²) in [5, 5.41) is 0. The molecule has 0 bridgehead atoms. The van der Waals surface area contributed by atoms with Crippen molar-refractivity contribution in [3.8, 4) is 5.75 Å². The van der Waals surface area contributed by atoms with Crippen molar-refractivity contribution in [2.75, 3.05) is 6.61 Å². The lowest BCUT2D eigenvalue weighted by Gasteiger charge is -2.32. The van der Waals surface area contributed by atoms with Gasteiger partial charge in [0.15, 0.2) is 0 Å². The number of rotatable bonds is 4. The lowest BCUT2D eigenvalue weighted by atomic mass is 9.78. The van der Waals surface area contributed by atoms with E-state index in [1.807, 2.05) is 6.07 Å². The molecule has 0 N–H and O–H groups in total. The zero-order valence-electron chi connectivity index (χ0n) is 14.3. The molecule has 1 aliphatic rings. The summed E-state index contributed by atoms with van der Waals surface area (Å²) in [4.78, 5) is 0. The van der Waals surface area contributed by atoms with Gasteiger partial charge in [-0.25, -0.2) is 0 Å². The van der Waals surface area contributed by atoms with E-state index in [0.29, 0.717) is 12.5 Å². The van der Waals surface area contributed by atoms with E-state index >= 15 is 0 Å². The average molecular weight is 290 g/mol. The Morgan fingerprint density at radius 3 is 2.14 bits per heavy atom. The first kappa shape index (κ1) is 16.4. The monoisotopic (exact) mass is 290 g/mol. The Morgan fingerprint density at radius 1 is 1.05 bits per heavy atom. The third-order valence-electron chi connectivity index (χ3n) is 4.18. The molecule has 0 amide bonds. The molecule has 2 rings (SSSR count). The first-order valence-corrected chi connectivity index (χ1v) is 7.71. The van der Waals surface area contributed by atoms with Gasteiger partial charge in [0, 0.05) is 0 Å². The second-order valence-electron chi connectivity index (χ2n) is 7.37. The average Bonchev–Trinajstić information content (AvgIpc) is 2.55. The molecule has 0 aliphatic carbocycles. The van der Waals surface area contributed by atoms with E-state index in [4.69, 9.17) is 14.0 Å². The van der Waals surface area contributed by atoms with Gasteiger partial charge in [-0.1, -0.05) is 19.9 Å². The van der Waals surface area contributed by atoms with E-state index in [9.17, 15) is 0 Å². The van der Waals surface area contributed by atoms with Crippen LogP contribution in [0.15, 0.2) is 18.2 Å². The molecular weight excluding hydrogens is 263 g/mol. The minimum absolute atomic E-state index is 0.319. The van der Waals surface area contributed by atoms with Crippen molar-refractivity contribution < 1.29 is 14.0 Å². The van der Waals surface area contributed by atoms with Crippen molar-refractivity contribution in [3.63, 3.8) is 0 Å². The molecule has 0 aromatic heterocycles. The maximum Gasteiger partial charge on any atom is 0.494 e.